The van der Waals surface area contributed by atoms with Crippen LogP contribution in [-0.4, -0.2) is 30.9 Å². The van der Waals surface area contributed by atoms with E-state index in [9.17, 15) is 8.42 Å². The maximum atomic E-state index is 10.7. The number of benzene rings is 1. The van der Waals surface area contributed by atoms with Gasteiger partial charge in [-0.05, 0) is 80.7 Å². The fraction of sp³-hybridized carbons (Fsp3) is 0.704. The van der Waals surface area contributed by atoms with E-state index in [-0.39, 0.29) is 11.4 Å². The SMILES string of the molecule is CC(C)CCCC(C)CC=CC1(C)CCc2cc(OCCCCCCS(=O)(=O)O)ccc2O1. The van der Waals surface area contributed by atoms with Gasteiger partial charge in [-0.15, -0.1) is 0 Å². The van der Waals surface area contributed by atoms with Crippen LogP contribution in [0.25, 0.3) is 0 Å². The molecule has 2 unspecified atom stereocenters. The van der Waals surface area contributed by atoms with Gasteiger partial charge in [-0.1, -0.05) is 59.0 Å². The van der Waals surface area contributed by atoms with E-state index in [1.165, 1.54) is 24.8 Å². The van der Waals surface area contributed by atoms with Crippen LogP contribution < -0.4 is 9.47 Å². The quantitative estimate of drug-likeness (QED) is 0.166. The van der Waals surface area contributed by atoms with Gasteiger partial charge in [-0.25, -0.2) is 0 Å². The lowest BCUT2D eigenvalue weighted by atomic mass is 9.91. The molecule has 2 rings (SSSR count). The van der Waals surface area contributed by atoms with E-state index in [1.54, 1.807) is 0 Å². The van der Waals surface area contributed by atoms with Gasteiger partial charge in [0.2, 0.25) is 0 Å². The molecule has 0 aromatic heterocycles. The first-order valence-corrected chi connectivity index (χ1v) is 14.2. The second-order valence-electron chi connectivity index (χ2n) is 10.3. The van der Waals surface area contributed by atoms with Gasteiger partial charge in [0.1, 0.15) is 17.1 Å². The van der Waals surface area contributed by atoms with Crippen molar-refractivity contribution in [1.29, 1.82) is 0 Å². The Morgan fingerprint density at radius 1 is 1.12 bits per heavy atom. The Morgan fingerprint density at radius 2 is 1.88 bits per heavy atom. The molecule has 0 bridgehead atoms. The fourth-order valence-electron chi connectivity index (χ4n) is 4.22. The van der Waals surface area contributed by atoms with E-state index in [1.807, 2.05) is 12.1 Å². The number of rotatable bonds is 15. The molecule has 0 amide bonds. The predicted octanol–water partition coefficient (Wildman–Crippen LogP) is 7.01. The van der Waals surface area contributed by atoms with Crippen LogP contribution >= 0.6 is 0 Å². The van der Waals surface area contributed by atoms with Crippen molar-refractivity contribution in [2.45, 2.75) is 97.5 Å². The van der Waals surface area contributed by atoms with Gasteiger partial charge in [-0.3, -0.25) is 4.55 Å². The van der Waals surface area contributed by atoms with Gasteiger partial charge in [0.15, 0.2) is 0 Å². The minimum Gasteiger partial charge on any atom is -0.494 e. The molecule has 33 heavy (non-hydrogen) atoms. The third-order valence-corrected chi connectivity index (χ3v) is 7.12. The molecule has 1 aliphatic heterocycles. The van der Waals surface area contributed by atoms with Crippen LogP contribution in [-0.2, 0) is 16.5 Å². The van der Waals surface area contributed by atoms with Gasteiger partial charge in [0.25, 0.3) is 10.1 Å². The number of unbranched alkanes of at least 4 members (excludes halogenated alkanes) is 3. The lowest BCUT2D eigenvalue weighted by Crippen LogP contribution is -2.34. The molecule has 0 saturated carbocycles. The summed E-state index contributed by atoms with van der Waals surface area (Å²) < 4.78 is 42.4. The summed E-state index contributed by atoms with van der Waals surface area (Å²) in [6.45, 7) is 9.69. The Balaban J connectivity index is 1.73. The molecular formula is C27H44O5S. The molecule has 0 radical (unpaired) electrons. The van der Waals surface area contributed by atoms with Gasteiger partial charge in [-0.2, -0.15) is 8.42 Å². The first-order valence-electron chi connectivity index (χ1n) is 12.6. The van der Waals surface area contributed by atoms with E-state index < -0.39 is 10.1 Å². The zero-order valence-electron chi connectivity index (χ0n) is 21.0. The molecule has 5 nitrogen and oxygen atoms in total. The zero-order valence-corrected chi connectivity index (χ0v) is 21.8. The second-order valence-corrected chi connectivity index (χ2v) is 11.9. The Hall–Kier alpha value is -1.53. The highest BCUT2D eigenvalue weighted by Crippen LogP contribution is 2.36. The summed E-state index contributed by atoms with van der Waals surface area (Å²) in [4.78, 5) is 0. The number of ether oxygens (including phenoxy) is 2. The number of aryl methyl sites for hydroxylation is 1. The normalized spacial score (nSPS) is 19.5. The van der Waals surface area contributed by atoms with Gasteiger partial charge in [0, 0.05) is 0 Å². The summed E-state index contributed by atoms with van der Waals surface area (Å²) in [5, 5.41) is 0. The Bertz CT molecular complexity index is 846. The Kier molecular flexibility index (Phi) is 11.2. The van der Waals surface area contributed by atoms with E-state index in [4.69, 9.17) is 14.0 Å². The second kappa shape index (κ2) is 13.4. The van der Waals surface area contributed by atoms with Crippen LogP contribution in [0.1, 0.15) is 91.0 Å². The van der Waals surface area contributed by atoms with Crippen LogP contribution in [0.5, 0.6) is 11.5 Å². The highest BCUT2D eigenvalue weighted by Gasteiger charge is 2.29. The molecule has 0 saturated heterocycles. The monoisotopic (exact) mass is 480 g/mol. The Labute approximate surface area is 201 Å². The molecule has 0 fully saturated rings. The minimum atomic E-state index is -3.84. The average molecular weight is 481 g/mol. The van der Waals surface area contributed by atoms with Crippen LogP contribution in [0, 0.1) is 11.8 Å². The first-order chi connectivity index (χ1) is 15.6. The van der Waals surface area contributed by atoms with Crippen molar-refractivity contribution in [3.63, 3.8) is 0 Å². The third kappa shape index (κ3) is 11.4. The largest absolute Gasteiger partial charge is 0.494 e. The summed E-state index contributed by atoms with van der Waals surface area (Å²) in [6, 6.07) is 6.05. The fourth-order valence-corrected chi connectivity index (χ4v) is 4.78. The molecular weight excluding hydrogens is 436 g/mol. The maximum absolute atomic E-state index is 10.7. The number of fused-ring (bicyclic) bond motifs is 1. The van der Waals surface area contributed by atoms with Crippen LogP contribution in [0.3, 0.4) is 0 Å². The van der Waals surface area contributed by atoms with E-state index in [2.05, 4.69) is 45.9 Å². The van der Waals surface area contributed by atoms with Crippen molar-refractivity contribution >= 4 is 10.1 Å². The zero-order chi connectivity index (χ0) is 24.3. The molecule has 1 N–H and O–H groups in total. The Morgan fingerprint density at radius 3 is 2.61 bits per heavy atom. The molecule has 0 spiro atoms. The molecule has 1 aliphatic rings. The van der Waals surface area contributed by atoms with Crippen molar-refractivity contribution < 1.29 is 22.4 Å². The molecule has 2 atom stereocenters. The summed E-state index contributed by atoms with van der Waals surface area (Å²) in [5.41, 5.74) is 0.934. The molecule has 188 valence electrons. The smallest absolute Gasteiger partial charge is 0.264 e. The highest BCUT2D eigenvalue weighted by atomic mass is 32.2. The first kappa shape index (κ1) is 27.7. The van der Waals surface area contributed by atoms with E-state index in [0.29, 0.717) is 18.9 Å². The maximum Gasteiger partial charge on any atom is 0.264 e. The predicted molar refractivity (Wildman–Crippen MR) is 136 cm³/mol. The van der Waals surface area contributed by atoms with Crippen molar-refractivity contribution in [3.05, 3.63) is 35.9 Å². The lowest BCUT2D eigenvalue weighted by Gasteiger charge is -2.33. The van der Waals surface area contributed by atoms with Crippen molar-refractivity contribution in [2.24, 2.45) is 11.8 Å². The standard InChI is InChI=1S/C27H44O5S/c1-22(2)11-9-12-23(3)13-10-17-27(4)18-16-24-21-25(14-15-26(24)32-27)31-19-7-5-6-8-20-33(28,29)30/h10,14-15,17,21-23H,5-9,11-13,16,18-20H2,1-4H3,(H,28,29,30). The van der Waals surface area contributed by atoms with Crippen molar-refractivity contribution in [2.75, 3.05) is 12.4 Å². The molecule has 0 aliphatic carbocycles. The van der Waals surface area contributed by atoms with Crippen molar-refractivity contribution in [3.8, 4) is 11.5 Å². The summed E-state index contributed by atoms with van der Waals surface area (Å²) >= 11 is 0. The summed E-state index contributed by atoms with van der Waals surface area (Å²) in [6.07, 6.45) is 14.5. The van der Waals surface area contributed by atoms with Gasteiger partial charge in [0.05, 0.1) is 12.4 Å². The van der Waals surface area contributed by atoms with E-state index >= 15 is 0 Å². The van der Waals surface area contributed by atoms with Crippen LogP contribution in [0.4, 0.5) is 0 Å². The number of hydrogen-bond acceptors (Lipinski definition) is 4. The number of allylic oxidation sites excluding steroid dienone is 1. The molecule has 1 aromatic carbocycles. The van der Waals surface area contributed by atoms with Crippen LogP contribution in [0.2, 0.25) is 0 Å². The lowest BCUT2D eigenvalue weighted by molar-refractivity contribution is 0.114. The third-order valence-electron chi connectivity index (χ3n) is 6.32. The number of hydrogen-bond donors (Lipinski definition) is 1. The summed E-state index contributed by atoms with van der Waals surface area (Å²) in [5.74, 6) is 3.13. The molecule has 1 aromatic rings. The average Bonchev–Trinajstić information content (AvgIpc) is 2.72. The van der Waals surface area contributed by atoms with E-state index in [0.717, 1.165) is 55.9 Å². The minimum absolute atomic E-state index is 0.163. The molecule has 6 heteroatoms. The van der Waals surface area contributed by atoms with Gasteiger partial charge >= 0.3 is 0 Å². The highest BCUT2D eigenvalue weighted by molar-refractivity contribution is 7.85. The van der Waals surface area contributed by atoms with Gasteiger partial charge < -0.3 is 9.47 Å². The topological polar surface area (TPSA) is 72.8 Å². The summed E-state index contributed by atoms with van der Waals surface area (Å²) in [7, 11) is -3.84. The van der Waals surface area contributed by atoms with Crippen LogP contribution in [0.15, 0.2) is 30.4 Å². The molecule has 1 heterocycles. The van der Waals surface area contributed by atoms with Crippen molar-refractivity contribution in [1.82, 2.24) is 0 Å².